The quantitative estimate of drug-likeness (QED) is 0.505. The summed E-state index contributed by atoms with van der Waals surface area (Å²) in [4.78, 5) is 12.8. The van der Waals surface area contributed by atoms with Crippen LogP contribution in [0.25, 0.3) is 16.7 Å². The number of benzene rings is 2. The largest absolute Gasteiger partial charge is 0.323 e. The smallest absolute Gasteiger partial charge is 0.257 e. The van der Waals surface area contributed by atoms with Crippen LogP contribution in [-0.2, 0) is 6.67 Å². The maximum absolute atomic E-state index is 12.8. The number of amides is 1. The number of rotatable bonds is 5. The van der Waals surface area contributed by atoms with E-state index in [2.05, 4.69) is 20.7 Å². The van der Waals surface area contributed by atoms with Gasteiger partial charge in [0.1, 0.15) is 12.2 Å². The molecule has 29 heavy (non-hydrogen) atoms. The van der Waals surface area contributed by atoms with Crippen molar-refractivity contribution in [2.45, 2.75) is 6.67 Å². The first-order chi connectivity index (χ1) is 14.3. The Hall–Kier alpha value is -4.20. The van der Waals surface area contributed by atoms with Crippen molar-refractivity contribution in [3.8, 4) is 5.69 Å². The molecular formula is C21H17N7O. The van der Waals surface area contributed by atoms with Gasteiger partial charge in [-0.3, -0.25) is 4.79 Å². The zero-order chi connectivity index (χ0) is 19.6. The van der Waals surface area contributed by atoms with E-state index in [1.165, 1.54) is 0 Å². The van der Waals surface area contributed by atoms with Crippen LogP contribution in [-0.4, -0.2) is 35.2 Å². The molecule has 0 unspecified atom stereocenters. The second kappa shape index (κ2) is 7.08. The molecule has 1 N–H and O–H groups in total. The Morgan fingerprint density at radius 3 is 2.66 bits per heavy atom. The molecule has 8 heteroatoms. The first kappa shape index (κ1) is 16.9. The number of fused-ring (bicyclic) bond motifs is 1. The molecule has 3 aromatic heterocycles. The average molecular weight is 383 g/mol. The van der Waals surface area contributed by atoms with E-state index >= 15 is 0 Å². The van der Waals surface area contributed by atoms with Crippen LogP contribution in [0.5, 0.6) is 0 Å². The fourth-order valence-electron chi connectivity index (χ4n) is 3.25. The number of hydrogen-bond donors (Lipinski definition) is 1. The summed E-state index contributed by atoms with van der Waals surface area (Å²) in [5, 5.41) is 15.5. The van der Waals surface area contributed by atoms with Crippen molar-refractivity contribution in [1.29, 1.82) is 0 Å². The topological polar surface area (TPSA) is 82.6 Å². The van der Waals surface area contributed by atoms with Crippen molar-refractivity contribution in [2.24, 2.45) is 0 Å². The Bertz CT molecular complexity index is 1280. The van der Waals surface area contributed by atoms with Gasteiger partial charge in [-0.1, -0.05) is 29.5 Å². The van der Waals surface area contributed by atoms with E-state index in [1.807, 2.05) is 71.6 Å². The van der Waals surface area contributed by atoms with Crippen molar-refractivity contribution >= 4 is 22.6 Å². The lowest BCUT2D eigenvalue weighted by Crippen LogP contribution is -2.14. The highest BCUT2D eigenvalue weighted by Gasteiger charge is 2.13. The second-order valence-corrected chi connectivity index (χ2v) is 6.55. The Morgan fingerprint density at radius 2 is 1.76 bits per heavy atom. The molecule has 2 aromatic carbocycles. The normalized spacial score (nSPS) is 11.0. The zero-order valence-corrected chi connectivity index (χ0v) is 15.4. The summed E-state index contributed by atoms with van der Waals surface area (Å²) in [6.45, 7) is 0.399. The van der Waals surface area contributed by atoms with E-state index in [4.69, 9.17) is 0 Å². The van der Waals surface area contributed by atoms with Gasteiger partial charge in [0.15, 0.2) is 0 Å². The van der Waals surface area contributed by atoms with Crippen LogP contribution in [0.15, 0.2) is 85.5 Å². The molecule has 1 amide bonds. The summed E-state index contributed by atoms with van der Waals surface area (Å²) in [6.07, 6.45) is 7.21. The first-order valence-corrected chi connectivity index (χ1v) is 9.12. The number of nitrogens with zero attached hydrogens (tertiary/aromatic N) is 6. The molecule has 0 fully saturated rings. The van der Waals surface area contributed by atoms with E-state index in [-0.39, 0.29) is 5.91 Å². The maximum Gasteiger partial charge on any atom is 0.257 e. The van der Waals surface area contributed by atoms with Gasteiger partial charge in [0.05, 0.1) is 34.8 Å². The van der Waals surface area contributed by atoms with Gasteiger partial charge in [0, 0.05) is 12.4 Å². The van der Waals surface area contributed by atoms with Gasteiger partial charge in [-0.05, 0) is 36.4 Å². The monoisotopic (exact) mass is 383 g/mol. The Balaban J connectivity index is 1.35. The lowest BCUT2D eigenvalue weighted by Gasteiger charge is -2.10. The van der Waals surface area contributed by atoms with Crippen molar-refractivity contribution in [1.82, 2.24) is 29.3 Å². The van der Waals surface area contributed by atoms with E-state index in [0.717, 1.165) is 16.7 Å². The second-order valence-electron chi connectivity index (χ2n) is 6.55. The number of anilines is 1. The third kappa shape index (κ3) is 3.27. The molecule has 0 aliphatic rings. The molecule has 0 radical (unpaired) electrons. The van der Waals surface area contributed by atoms with E-state index < -0.39 is 0 Å². The standard InChI is InChI=1S/C21H17N7O/c29-21(17-7-1-3-9-19(17)26-11-5-6-12-26)23-16-13-22-27(14-16)15-28-20-10-4-2-8-18(20)24-25-28/h1-14H,15H2,(H,23,29). The highest BCUT2D eigenvalue weighted by molar-refractivity contribution is 6.06. The van der Waals surface area contributed by atoms with Gasteiger partial charge in [-0.2, -0.15) is 5.10 Å². The fraction of sp³-hybridized carbons (Fsp3) is 0.0476. The van der Waals surface area contributed by atoms with Crippen LogP contribution in [0.2, 0.25) is 0 Å². The predicted molar refractivity (Wildman–Crippen MR) is 109 cm³/mol. The average Bonchev–Trinajstić information content (AvgIpc) is 3.50. The van der Waals surface area contributed by atoms with Crippen LogP contribution < -0.4 is 5.32 Å². The number of hydrogen-bond acceptors (Lipinski definition) is 4. The minimum absolute atomic E-state index is 0.194. The Kier molecular flexibility index (Phi) is 4.14. The Morgan fingerprint density at radius 1 is 0.966 bits per heavy atom. The molecule has 0 atom stereocenters. The van der Waals surface area contributed by atoms with Crippen molar-refractivity contribution in [3.05, 3.63) is 91.0 Å². The summed E-state index contributed by atoms with van der Waals surface area (Å²) in [5.41, 5.74) is 3.76. The molecule has 0 saturated heterocycles. The summed E-state index contributed by atoms with van der Waals surface area (Å²) >= 11 is 0. The summed E-state index contributed by atoms with van der Waals surface area (Å²) in [6, 6.07) is 19.1. The summed E-state index contributed by atoms with van der Waals surface area (Å²) < 4.78 is 5.37. The molecule has 5 aromatic rings. The SMILES string of the molecule is O=C(Nc1cnn(Cn2nnc3ccccc32)c1)c1ccccc1-n1cccc1. The van der Waals surface area contributed by atoms with Crippen LogP contribution in [0, 0.1) is 0 Å². The molecular weight excluding hydrogens is 366 g/mol. The number of aromatic nitrogens is 6. The molecule has 142 valence electrons. The Labute approximate surface area is 166 Å². The van der Waals surface area contributed by atoms with E-state index in [1.54, 1.807) is 27.8 Å². The van der Waals surface area contributed by atoms with Crippen LogP contribution in [0.4, 0.5) is 5.69 Å². The van der Waals surface area contributed by atoms with Crippen LogP contribution >= 0.6 is 0 Å². The number of carbonyl (C=O) groups is 1. The molecule has 0 saturated carbocycles. The van der Waals surface area contributed by atoms with Gasteiger partial charge < -0.3 is 9.88 Å². The van der Waals surface area contributed by atoms with Gasteiger partial charge in [0.2, 0.25) is 0 Å². The van der Waals surface area contributed by atoms with Gasteiger partial charge in [0.25, 0.3) is 5.91 Å². The lowest BCUT2D eigenvalue weighted by atomic mass is 10.1. The lowest BCUT2D eigenvalue weighted by molar-refractivity contribution is 0.102. The molecule has 5 rings (SSSR count). The summed E-state index contributed by atoms with van der Waals surface area (Å²) in [7, 11) is 0. The third-order valence-electron chi connectivity index (χ3n) is 4.62. The minimum Gasteiger partial charge on any atom is -0.323 e. The number of para-hydroxylation sites is 2. The maximum atomic E-state index is 12.8. The van der Waals surface area contributed by atoms with Crippen molar-refractivity contribution in [2.75, 3.05) is 5.32 Å². The molecule has 0 bridgehead atoms. The van der Waals surface area contributed by atoms with Gasteiger partial charge in [-0.25, -0.2) is 9.36 Å². The van der Waals surface area contributed by atoms with Crippen molar-refractivity contribution in [3.63, 3.8) is 0 Å². The van der Waals surface area contributed by atoms with E-state index in [0.29, 0.717) is 17.9 Å². The zero-order valence-electron chi connectivity index (χ0n) is 15.4. The molecule has 8 nitrogen and oxygen atoms in total. The third-order valence-corrected chi connectivity index (χ3v) is 4.62. The predicted octanol–water partition coefficient (Wildman–Crippen LogP) is 3.18. The molecule has 3 heterocycles. The van der Waals surface area contributed by atoms with Gasteiger partial charge in [-0.15, -0.1) is 5.10 Å². The number of nitrogens with one attached hydrogen (secondary N) is 1. The first-order valence-electron chi connectivity index (χ1n) is 9.12. The molecule has 0 aliphatic carbocycles. The van der Waals surface area contributed by atoms with E-state index in [9.17, 15) is 4.79 Å². The highest BCUT2D eigenvalue weighted by atomic mass is 16.1. The van der Waals surface area contributed by atoms with Crippen LogP contribution in [0.3, 0.4) is 0 Å². The molecule has 0 aliphatic heterocycles. The number of carbonyl (C=O) groups excluding carboxylic acids is 1. The van der Waals surface area contributed by atoms with Gasteiger partial charge >= 0.3 is 0 Å². The fourth-order valence-corrected chi connectivity index (χ4v) is 3.25. The minimum atomic E-state index is -0.194. The van der Waals surface area contributed by atoms with Crippen molar-refractivity contribution < 1.29 is 4.79 Å². The van der Waals surface area contributed by atoms with Crippen LogP contribution in [0.1, 0.15) is 10.4 Å². The highest BCUT2D eigenvalue weighted by Crippen LogP contribution is 2.17. The summed E-state index contributed by atoms with van der Waals surface area (Å²) in [5.74, 6) is -0.194. The molecule has 0 spiro atoms.